The Bertz CT molecular complexity index is 820. The van der Waals surface area contributed by atoms with E-state index in [1.165, 1.54) is 0 Å². The predicted octanol–water partition coefficient (Wildman–Crippen LogP) is 4.06. The molecule has 2 aromatic heterocycles. The number of aromatic nitrogens is 1. The molecule has 0 atom stereocenters. The number of aryl methyl sites for hydroxylation is 1. The Kier molecular flexibility index (Phi) is 3.22. The summed E-state index contributed by atoms with van der Waals surface area (Å²) < 4.78 is 5.37. The predicted molar refractivity (Wildman–Crippen MR) is 80.5 cm³/mol. The van der Waals surface area contributed by atoms with Crippen molar-refractivity contribution in [3.05, 3.63) is 53.3 Å². The first-order valence-electron chi connectivity index (χ1n) is 6.82. The van der Waals surface area contributed by atoms with Gasteiger partial charge in [0.15, 0.2) is 5.76 Å². The molecule has 21 heavy (non-hydrogen) atoms. The van der Waals surface area contributed by atoms with Gasteiger partial charge in [0.2, 0.25) is 0 Å². The van der Waals surface area contributed by atoms with E-state index in [1.807, 2.05) is 25.1 Å². The van der Waals surface area contributed by atoms with Gasteiger partial charge in [-0.05, 0) is 48.7 Å². The Morgan fingerprint density at radius 1 is 1.33 bits per heavy atom. The van der Waals surface area contributed by atoms with Crippen molar-refractivity contribution in [2.24, 2.45) is 0 Å². The zero-order chi connectivity index (χ0) is 15.0. The molecule has 4 nitrogen and oxygen atoms in total. The summed E-state index contributed by atoms with van der Waals surface area (Å²) in [4.78, 5) is 16.3. The van der Waals surface area contributed by atoms with Crippen LogP contribution in [-0.2, 0) is 6.42 Å². The Labute approximate surface area is 122 Å². The third-order valence-corrected chi connectivity index (χ3v) is 3.67. The van der Waals surface area contributed by atoms with Crippen molar-refractivity contribution in [3.63, 3.8) is 0 Å². The maximum atomic E-state index is 11.7. The molecular weight excluding hydrogens is 266 g/mol. The second kappa shape index (κ2) is 5.05. The van der Waals surface area contributed by atoms with Crippen LogP contribution in [0.1, 0.15) is 28.4 Å². The summed E-state index contributed by atoms with van der Waals surface area (Å²) in [7, 11) is 0. The second-order valence-corrected chi connectivity index (χ2v) is 4.95. The highest BCUT2D eigenvalue weighted by Gasteiger charge is 2.19. The quantitative estimate of drug-likeness (QED) is 0.786. The van der Waals surface area contributed by atoms with Gasteiger partial charge in [-0.1, -0.05) is 13.0 Å². The van der Waals surface area contributed by atoms with E-state index in [9.17, 15) is 9.90 Å². The molecule has 0 fully saturated rings. The van der Waals surface area contributed by atoms with Gasteiger partial charge in [-0.3, -0.25) is 0 Å². The zero-order valence-electron chi connectivity index (χ0n) is 11.9. The van der Waals surface area contributed by atoms with Crippen molar-refractivity contribution in [2.75, 3.05) is 0 Å². The maximum Gasteiger partial charge on any atom is 0.336 e. The van der Waals surface area contributed by atoms with Crippen LogP contribution in [-0.4, -0.2) is 16.1 Å². The monoisotopic (exact) mass is 281 g/mol. The number of carboxylic acids is 1. The van der Waals surface area contributed by atoms with E-state index in [1.54, 1.807) is 25.3 Å². The van der Waals surface area contributed by atoms with Crippen LogP contribution < -0.4 is 0 Å². The summed E-state index contributed by atoms with van der Waals surface area (Å²) in [6.07, 6.45) is 2.41. The van der Waals surface area contributed by atoms with Crippen molar-refractivity contribution in [2.45, 2.75) is 20.3 Å². The van der Waals surface area contributed by atoms with Crippen molar-refractivity contribution >= 4 is 16.9 Å². The smallest absolute Gasteiger partial charge is 0.336 e. The highest BCUT2D eigenvalue weighted by atomic mass is 16.4. The van der Waals surface area contributed by atoms with Crippen molar-refractivity contribution < 1.29 is 14.3 Å². The molecule has 2 heterocycles. The van der Waals surface area contributed by atoms with Crippen LogP contribution in [0.5, 0.6) is 0 Å². The molecule has 0 aliphatic heterocycles. The van der Waals surface area contributed by atoms with Crippen LogP contribution in [0.15, 0.2) is 41.0 Å². The first-order valence-corrected chi connectivity index (χ1v) is 6.82. The molecule has 3 aromatic rings. The van der Waals surface area contributed by atoms with E-state index in [4.69, 9.17) is 4.42 Å². The molecule has 0 saturated carbocycles. The van der Waals surface area contributed by atoms with Gasteiger partial charge in [0.25, 0.3) is 0 Å². The number of aromatic carboxylic acids is 1. The minimum atomic E-state index is -0.944. The minimum Gasteiger partial charge on any atom is -0.478 e. The number of nitrogens with zero attached hydrogens (tertiary/aromatic N) is 1. The summed E-state index contributed by atoms with van der Waals surface area (Å²) in [5.74, 6) is -0.363. The average molecular weight is 281 g/mol. The Balaban J connectivity index is 2.39. The number of benzene rings is 1. The molecule has 0 bridgehead atoms. The standard InChI is InChI=1S/C17H15NO3/c1-3-11-6-7-13-12(9-11)15(17(19)20)10(2)16(18-13)14-5-4-8-21-14/h4-9H,3H2,1-2H3,(H,19,20). The third kappa shape index (κ3) is 2.18. The number of carbonyl (C=O) groups is 1. The van der Waals surface area contributed by atoms with Gasteiger partial charge in [-0.25, -0.2) is 9.78 Å². The molecule has 0 spiro atoms. The fourth-order valence-corrected chi connectivity index (χ4v) is 2.55. The number of hydrogen-bond acceptors (Lipinski definition) is 3. The van der Waals surface area contributed by atoms with E-state index in [-0.39, 0.29) is 0 Å². The molecule has 106 valence electrons. The van der Waals surface area contributed by atoms with Gasteiger partial charge < -0.3 is 9.52 Å². The average Bonchev–Trinajstić information content (AvgIpc) is 2.99. The third-order valence-electron chi connectivity index (χ3n) is 3.67. The molecule has 4 heteroatoms. The van der Waals surface area contributed by atoms with Gasteiger partial charge in [0, 0.05) is 5.39 Å². The van der Waals surface area contributed by atoms with Gasteiger partial charge in [0.1, 0.15) is 5.69 Å². The summed E-state index contributed by atoms with van der Waals surface area (Å²) in [6.45, 7) is 3.81. The van der Waals surface area contributed by atoms with Crippen molar-refractivity contribution in [1.82, 2.24) is 4.98 Å². The normalized spacial score (nSPS) is 11.0. The number of rotatable bonds is 3. The Hall–Kier alpha value is -2.62. The first-order chi connectivity index (χ1) is 10.1. The van der Waals surface area contributed by atoms with E-state index >= 15 is 0 Å². The summed E-state index contributed by atoms with van der Waals surface area (Å²) in [5.41, 5.74) is 3.26. The van der Waals surface area contributed by atoms with E-state index < -0.39 is 5.97 Å². The lowest BCUT2D eigenvalue weighted by Gasteiger charge is -2.11. The van der Waals surface area contributed by atoms with Crippen LogP contribution in [0, 0.1) is 6.92 Å². The summed E-state index contributed by atoms with van der Waals surface area (Å²) >= 11 is 0. The van der Waals surface area contributed by atoms with Gasteiger partial charge in [0.05, 0.1) is 17.3 Å². The zero-order valence-corrected chi connectivity index (χ0v) is 11.9. The van der Waals surface area contributed by atoms with Crippen molar-refractivity contribution in [3.8, 4) is 11.5 Å². The van der Waals surface area contributed by atoms with Gasteiger partial charge in [-0.15, -0.1) is 0 Å². The van der Waals surface area contributed by atoms with Gasteiger partial charge in [-0.2, -0.15) is 0 Å². The maximum absolute atomic E-state index is 11.7. The lowest BCUT2D eigenvalue weighted by molar-refractivity contribution is 0.0698. The highest BCUT2D eigenvalue weighted by molar-refractivity contribution is 6.05. The minimum absolute atomic E-state index is 0.293. The SMILES string of the molecule is CCc1ccc2nc(-c3ccco3)c(C)c(C(=O)O)c2c1. The topological polar surface area (TPSA) is 63.3 Å². The summed E-state index contributed by atoms with van der Waals surface area (Å²) in [6, 6.07) is 9.30. The van der Waals surface area contributed by atoms with Crippen LogP contribution in [0.25, 0.3) is 22.4 Å². The van der Waals surface area contributed by atoms with Crippen molar-refractivity contribution in [1.29, 1.82) is 0 Å². The molecule has 0 amide bonds. The molecule has 1 aromatic carbocycles. The summed E-state index contributed by atoms with van der Waals surface area (Å²) in [5, 5.41) is 10.3. The van der Waals surface area contributed by atoms with E-state index in [2.05, 4.69) is 4.98 Å². The largest absolute Gasteiger partial charge is 0.478 e. The Morgan fingerprint density at radius 2 is 2.14 bits per heavy atom. The number of pyridine rings is 1. The number of fused-ring (bicyclic) bond motifs is 1. The van der Waals surface area contributed by atoms with E-state index in [0.717, 1.165) is 12.0 Å². The van der Waals surface area contributed by atoms with Crippen LogP contribution in [0.3, 0.4) is 0 Å². The highest BCUT2D eigenvalue weighted by Crippen LogP contribution is 2.30. The lowest BCUT2D eigenvalue weighted by Crippen LogP contribution is -2.05. The number of carboxylic acid groups (broad SMARTS) is 1. The van der Waals surface area contributed by atoms with Gasteiger partial charge >= 0.3 is 5.97 Å². The van der Waals surface area contributed by atoms with Crippen LogP contribution in [0.2, 0.25) is 0 Å². The fraction of sp³-hybridized carbons (Fsp3) is 0.176. The Morgan fingerprint density at radius 3 is 2.76 bits per heavy atom. The van der Waals surface area contributed by atoms with E-state index in [0.29, 0.717) is 33.5 Å². The molecule has 0 aliphatic carbocycles. The first kappa shape index (κ1) is 13.4. The molecule has 1 N–H and O–H groups in total. The second-order valence-electron chi connectivity index (χ2n) is 4.95. The molecule has 0 saturated heterocycles. The van der Waals surface area contributed by atoms with Crippen LogP contribution in [0.4, 0.5) is 0 Å². The molecular formula is C17H15NO3. The van der Waals surface area contributed by atoms with Crippen LogP contribution >= 0.6 is 0 Å². The molecule has 0 radical (unpaired) electrons. The lowest BCUT2D eigenvalue weighted by atomic mass is 9.98. The molecule has 0 unspecified atom stereocenters. The molecule has 0 aliphatic rings. The molecule has 3 rings (SSSR count). The number of hydrogen-bond donors (Lipinski definition) is 1. The number of furan rings is 1. The fourth-order valence-electron chi connectivity index (χ4n) is 2.55.